The number of hydrogen-bond donors (Lipinski definition) is 1. The maximum atomic E-state index is 12.0. The quantitative estimate of drug-likeness (QED) is 0.810. The first kappa shape index (κ1) is 10.2. The molecule has 2 rings (SSSR count). The third kappa shape index (κ3) is 2.04. The number of furan rings is 1. The van der Waals surface area contributed by atoms with E-state index in [-0.39, 0.29) is 12.5 Å². The fraction of sp³-hybridized carbons (Fsp3) is 0.545. The lowest BCUT2D eigenvalue weighted by atomic mass is 10.2. The molecule has 1 saturated carbocycles. The first-order valence-electron chi connectivity index (χ1n) is 5.20. The Labute approximate surface area is 88.5 Å². The summed E-state index contributed by atoms with van der Waals surface area (Å²) in [5, 5.41) is 8.90. The summed E-state index contributed by atoms with van der Waals surface area (Å²) in [5.41, 5.74) is 0.851. The number of carbonyl (C=O) groups excluding carboxylic acids is 1. The van der Waals surface area contributed by atoms with E-state index in [1.807, 2.05) is 6.92 Å². The third-order valence-electron chi connectivity index (χ3n) is 2.65. The minimum Gasteiger partial charge on any atom is -0.459 e. The van der Waals surface area contributed by atoms with E-state index in [1.54, 1.807) is 11.0 Å². The van der Waals surface area contributed by atoms with Crippen LogP contribution < -0.4 is 0 Å². The van der Waals surface area contributed by atoms with Gasteiger partial charge in [0.25, 0.3) is 5.91 Å². The van der Waals surface area contributed by atoms with E-state index in [9.17, 15) is 4.79 Å². The highest BCUT2D eigenvalue weighted by Crippen LogP contribution is 2.28. The molecule has 4 nitrogen and oxygen atoms in total. The Morgan fingerprint density at radius 2 is 2.40 bits per heavy atom. The van der Waals surface area contributed by atoms with Gasteiger partial charge in [-0.3, -0.25) is 4.79 Å². The van der Waals surface area contributed by atoms with Crippen molar-refractivity contribution in [1.82, 2.24) is 4.90 Å². The van der Waals surface area contributed by atoms with Crippen LogP contribution in [0.4, 0.5) is 0 Å². The number of rotatable bonds is 4. The standard InChI is InChI=1S/C11H15NO3/c1-8-4-7-15-10(8)11(14)12(5-6-13)9-2-3-9/h4,7,9,13H,2-3,5-6H2,1H3. The Kier molecular flexibility index (Phi) is 2.77. The van der Waals surface area contributed by atoms with Crippen LogP contribution in [0.5, 0.6) is 0 Å². The average Bonchev–Trinajstić information content (AvgIpc) is 2.97. The van der Waals surface area contributed by atoms with Gasteiger partial charge in [0.05, 0.1) is 12.9 Å². The van der Waals surface area contributed by atoms with Gasteiger partial charge in [-0.25, -0.2) is 0 Å². The van der Waals surface area contributed by atoms with Crippen molar-refractivity contribution < 1.29 is 14.3 Å². The van der Waals surface area contributed by atoms with Crippen molar-refractivity contribution in [3.8, 4) is 0 Å². The van der Waals surface area contributed by atoms with E-state index >= 15 is 0 Å². The summed E-state index contributed by atoms with van der Waals surface area (Å²) < 4.78 is 5.16. The number of amides is 1. The molecule has 15 heavy (non-hydrogen) atoms. The van der Waals surface area contributed by atoms with Crippen molar-refractivity contribution in [2.24, 2.45) is 0 Å². The molecular weight excluding hydrogens is 194 g/mol. The number of aliphatic hydroxyl groups is 1. The van der Waals surface area contributed by atoms with E-state index in [1.165, 1.54) is 6.26 Å². The molecule has 1 N–H and O–H groups in total. The van der Waals surface area contributed by atoms with E-state index in [2.05, 4.69) is 0 Å². The molecule has 1 aromatic heterocycles. The Balaban J connectivity index is 2.14. The minimum absolute atomic E-state index is 0.00198. The van der Waals surface area contributed by atoms with Gasteiger partial charge in [0.1, 0.15) is 0 Å². The molecule has 1 aliphatic carbocycles. The van der Waals surface area contributed by atoms with Crippen molar-refractivity contribution in [3.05, 3.63) is 23.7 Å². The summed E-state index contributed by atoms with van der Waals surface area (Å²) >= 11 is 0. The second kappa shape index (κ2) is 4.06. The normalized spacial score (nSPS) is 15.3. The molecule has 0 unspecified atom stereocenters. The topological polar surface area (TPSA) is 53.7 Å². The highest BCUT2D eigenvalue weighted by molar-refractivity contribution is 5.93. The van der Waals surface area contributed by atoms with Gasteiger partial charge in [-0.1, -0.05) is 0 Å². The van der Waals surface area contributed by atoms with Crippen LogP contribution in [0.15, 0.2) is 16.7 Å². The van der Waals surface area contributed by atoms with E-state index in [4.69, 9.17) is 9.52 Å². The molecule has 1 amide bonds. The molecule has 0 saturated heterocycles. The van der Waals surface area contributed by atoms with Crippen LogP contribution in [-0.4, -0.2) is 35.1 Å². The Bertz CT molecular complexity index is 354. The molecule has 82 valence electrons. The highest BCUT2D eigenvalue weighted by Gasteiger charge is 2.34. The summed E-state index contributed by atoms with van der Waals surface area (Å²) in [4.78, 5) is 13.7. The fourth-order valence-electron chi connectivity index (χ4n) is 1.67. The molecule has 0 aliphatic heterocycles. The summed E-state index contributed by atoms with van der Waals surface area (Å²) in [5.74, 6) is 0.296. The van der Waals surface area contributed by atoms with Crippen LogP contribution in [0.1, 0.15) is 29.0 Å². The van der Waals surface area contributed by atoms with E-state index in [0.29, 0.717) is 18.3 Å². The van der Waals surface area contributed by atoms with Gasteiger partial charge in [-0.05, 0) is 25.8 Å². The third-order valence-corrected chi connectivity index (χ3v) is 2.65. The number of aliphatic hydroxyl groups excluding tert-OH is 1. The van der Waals surface area contributed by atoms with Crippen LogP contribution in [0, 0.1) is 6.92 Å². The lowest BCUT2D eigenvalue weighted by Crippen LogP contribution is -2.35. The molecular formula is C11H15NO3. The van der Waals surface area contributed by atoms with Gasteiger partial charge in [-0.15, -0.1) is 0 Å². The van der Waals surface area contributed by atoms with Gasteiger partial charge in [0.15, 0.2) is 5.76 Å². The van der Waals surface area contributed by atoms with Crippen molar-refractivity contribution in [2.45, 2.75) is 25.8 Å². The molecule has 0 spiro atoms. The van der Waals surface area contributed by atoms with Crippen molar-refractivity contribution in [2.75, 3.05) is 13.2 Å². The predicted molar refractivity (Wildman–Crippen MR) is 54.6 cm³/mol. The van der Waals surface area contributed by atoms with E-state index in [0.717, 1.165) is 18.4 Å². The van der Waals surface area contributed by atoms with Gasteiger partial charge < -0.3 is 14.4 Å². The summed E-state index contributed by atoms with van der Waals surface area (Å²) in [6.45, 7) is 2.24. The molecule has 0 radical (unpaired) electrons. The van der Waals surface area contributed by atoms with Gasteiger partial charge in [0, 0.05) is 18.2 Å². The van der Waals surface area contributed by atoms with Gasteiger partial charge >= 0.3 is 0 Å². The molecule has 1 aliphatic rings. The second-order valence-electron chi connectivity index (χ2n) is 3.89. The zero-order valence-electron chi connectivity index (χ0n) is 8.77. The number of carbonyl (C=O) groups is 1. The Hall–Kier alpha value is -1.29. The smallest absolute Gasteiger partial charge is 0.290 e. The monoisotopic (exact) mass is 209 g/mol. The van der Waals surface area contributed by atoms with Crippen LogP contribution in [-0.2, 0) is 0 Å². The SMILES string of the molecule is Cc1ccoc1C(=O)N(CCO)C1CC1. The molecule has 1 aromatic rings. The lowest BCUT2D eigenvalue weighted by molar-refractivity contribution is 0.0674. The lowest BCUT2D eigenvalue weighted by Gasteiger charge is -2.20. The zero-order chi connectivity index (χ0) is 10.8. The maximum Gasteiger partial charge on any atom is 0.290 e. The first-order chi connectivity index (χ1) is 7.24. The van der Waals surface area contributed by atoms with Crippen LogP contribution >= 0.6 is 0 Å². The average molecular weight is 209 g/mol. The maximum absolute atomic E-state index is 12.0. The van der Waals surface area contributed by atoms with Gasteiger partial charge in [-0.2, -0.15) is 0 Å². The van der Waals surface area contributed by atoms with Crippen molar-refractivity contribution in [3.63, 3.8) is 0 Å². The molecule has 0 aromatic carbocycles. The molecule has 1 fully saturated rings. The van der Waals surface area contributed by atoms with Crippen molar-refractivity contribution in [1.29, 1.82) is 0 Å². The number of nitrogens with zero attached hydrogens (tertiary/aromatic N) is 1. The largest absolute Gasteiger partial charge is 0.459 e. The minimum atomic E-state index is -0.103. The number of hydrogen-bond acceptors (Lipinski definition) is 3. The Morgan fingerprint density at radius 1 is 1.67 bits per heavy atom. The molecule has 0 bridgehead atoms. The summed E-state index contributed by atoms with van der Waals surface area (Å²) in [7, 11) is 0. The zero-order valence-corrected chi connectivity index (χ0v) is 8.77. The van der Waals surface area contributed by atoms with Gasteiger partial charge in [0.2, 0.25) is 0 Å². The van der Waals surface area contributed by atoms with Crippen molar-refractivity contribution >= 4 is 5.91 Å². The van der Waals surface area contributed by atoms with Crippen LogP contribution in [0.25, 0.3) is 0 Å². The highest BCUT2D eigenvalue weighted by atomic mass is 16.3. The van der Waals surface area contributed by atoms with E-state index < -0.39 is 0 Å². The van der Waals surface area contributed by atoms with Crippen LogP contribution in [0.3, 0.4) is 0 Å². The molecule has 4 heteroatoms. The predicted octanol–water partition coefficient (Wildman–Crippen LogP) is 1.18. The summed E-state index contributed by atoms with van der Waals surface area (Å²) in [6, 6.07) is 2.08. The Morgan fingerprint density at radius 3 is 2.87 bits per heavy atom. The second-order valence-corrected chi connectivity index (χ2v) is 3.89. The first-order valence-corrected chi connectivity index (χ1v) is 5.20. The number of aryl methyl sites for hydroxylation is 1. The van der Waals surface area contributed by atoms with Crippen LogP contribution in [0.2, 0.25) is 0 Å². The summed E-state index contributed by atoms with van der Waals surface area (Å²) in [6.07, 6.45) is 3.59. The fourth-order valence-corrected chi connectivity index (χ4v) is 1.67. The molecule has 1 heterocycles. The molecule has 0 atom stereocenters.